The fourth-order valence-corrected chi connectivity index (χ4v) is 2.42. The van der Waals surface area contributed by atoms with Crippen molar-refractivity contribution < 1.29 is 9.90 Å². The van der Waals surface area contributed by atoms with Gasteiger partial charge < -0.3 is 5.11 Å². The first-order valence-electron chi connectivity index (χ1n) is 7.81. The Kier molecular flexibility index (Phi) is 4.74. The highest BCUT2D eigenvalue weighted by atomic mass is 16.4. The number of rotatable bonds is 3. The van der Waals surface area contributed by atoms with Gasteiger partial charge in [-0.3, -0.25) is 0 Å². The van der Waals surface area contributed by atoms with Crippen molar-refractivity contribution in [3.8, 4) is 0 Å². The van der Waals surface area contributed by atoms with Gasteiger partial charge in [-0.25, -0.2) is 4.79 Å². The second kappa shape index (κ2) is 6.41. The Morgan fingerprint density at radius 2 is 1.57 bits per heavy atom. The fourth-order valence-electron chi connectivity index (χ4n) is 2.42. The van der Waals surface area contributed by atoms with Gasteiger partial charge in [-0.2, -0.15) is 0 Å². The van der Waals surface area contributed by atoms with Crippen LogP contribution in [-0.4, -0.2) is 11.1 Å². The van der Waals surface area contributed by atoms with Crippen molar-refractivity contribution in [3.05, 3.63) is 70.3 Å². The van der Waals surface area contributed by atoms with Crippen molar-refractivity contribution in [2.75, 3.05) is 0 Å². The number of carboxylic acid groups (broad SMARTS) is 1. The first kappa shape index (κ1) is 17.0. The van der Waals surface area contributed by atoms with Crippen LogP contribution < -0.4 is 0 Å². The molecule has 0 aliphatic heterocycles. The molecular formula is C21H24O2. The first-order valence-corrected chi connectivity index (χ1v) is 7.81. The number of carbonyl (C=O) groups is 1. The van der Waals surface area contributed by atoms with E-state index in [1.54, 1.807) is 6.08 Å². The van der Waals surface area contributed by atoms with E-state index in [0.29, 0.717) is 5.57 Å². The highest BCUT2D eigenvalue weighted by Crippen LogP contribution is 2.25. The van der Waals surface area contributed by atoms with Crippen LogP contribution in [0.4, 0.5) is 0 Å². The summed E-state index contributed by atoms with van der Waals surface area (Å²) < 4.78 is 0. The summed E-state index contributed by atoms with van der Waals surface area (Å²) in [4.78, 5) is 11.7. The van der Waals surface area contributed by atoms with Gasteiger partial charge >= 0.3 is 5.97 Å². The van der Waals surface area contributed by atoms with Crippen molar-refractivity contribution in [2.45, 2.75) is 40.0 Å². The van der Waals surface area contributed by atoms with Crippen molar-refractivity contribution in [1.29, 1.82) is 0 Å². The summed E-state index contributed by atoms with van der Waals surface area (Å²) in [5, 5.41) is 9.56. The summed E-state index contributed by atoms with van der Waals surface area (Å²) in [5.74, 6) is -0.909. The summed E-state index contributed by atoms with van der Waals surface area (Å²) in [5.41, 5.74) is 5.53. The van der Waals surface area contributed by atoms with Crippen molar-refractivity contribution in [1.82, 2.24) is 0 Å². The molecule has 0 heterocycles. The van der Waals surface area contributed by atoms with Crippen LogP contribution in [0.15, 0.2) is 42.5 Å². The Morgan fingerprint density at radius 3 is 2.04 bits per heavy atom. The van der Waals surface area contributed by atoms with Crippen LogP contribution in [-0.2, 0) is 10.2 Å². The number of hydrogen-bond donors (Lipinski definition) is 1. The van der Waals surface area contributed by atoms with Crippen LogP contribution in [0, 0.1) is 13.8 Å². The third kappa shape index (κ3) is 4.10. The maximum atomic E-state index is 11.7. The number of aryl methyl sites for hydroxylation is 2. The number of carboxylic acids is 1. The van der Waals surface area contributed by atoms with E-state index in [9.17, 15) is 9.90 Å². The lowest BCUT2D eigenvalue weighted by Crippen LogP contribution is -2.10. The monoisotopic (exact) mass is 308 g/mol. The Balaban J connectivity index is 2.43. The molecule has 23 heavy (non-hydrogen) atoms. The van der Waals surface area contributed by atoms with Gasteiger partial charge in [-0.05, 0) is 53.2 Å². The van der Waals surface area contributed by atoms with Crippen molar-refractivity contribution in [2.24, 2.45) is 0 Å². The van der Waals surface area contributed by atoms with E-state index >= 15 is 0 Å². The van der Waals surface area contributed by atoms with Gasteiger partial charge in [0.2, 0.25) is 0 Å². The number of benzene rings is 2. The molecule has 0 atom stereocenters. The third-order valence-electron chi connectivity index (χ3n) is 4.14. The summed E-state index contributed by atoms with van der Waals surface area (Å²) in [6.45, 7) is 10.5. The van der Waals surface area contributed by atoms with E-state index in [1.165, 1.54) is 5.56 Å². The molecule has 0 aliphatic rings. The Labute approximate surface area is 138 Å². The van der Waals surface area contributed by atoms with E-state index < -0.39 is 5.97 Å². The van der Waals surface area contributed by atoms with Crippen LogP contribution in [0.3, 0.4) is 0 Å². The van der Waals surface area contributed by atoms with Crippen LogP contribution in [0.25, 0.3) is 11.6 Å². The highest BCUT2D eigenvalue weighted by Gasteiger charge is 2.14. The lowest BCUT2D eigenvalue weighted by molar-refractivity contribution is -0.130. The quantitative estimate of drug-likeness (QED) is 0.623. The van der Waals surface area contributed by atoms with E-state index in [1.807, 2.05) is 44.2 Å². The molecule has 2 heteroatoms. The van der Waals surface area contributed by atoms with Gasteiger partial charge in [-0.1, -0.05) is 63.2 Å². The minimum absolute atomic E-state index is 0.0892. The highest BCUT2D eigenvalue weighted by molar-refractivity contribution is 6.20. The van der Waals surface area contributed by atoms with E-state index in [2.05, 4.69) is 32.9 Å². The van der Waals surface area contributed by atoms with Crippen LogP contribution in [0.1, 0.15) is 48.6 Å². The predicted molar refractivity (Wildman–Crippen MR) is 96.6 cm³/mol. The first-order chi connectivity index (χ1) is 10.7. The Morgan fingerprint density at radius 1 is 0.957 bits per heavy atom. The van der Waals surface area contributed by atoms with Crippen LogP contribution >= 0.6 is 0 Å². The van der Waals surface area contributed by atoms with E-state index in [0.717, 1.165) is 22.3 Å². The second-order valence-corrected chi connectivity index (χ2v) is 7.03. The molecule has 0 radical (unpaired) electrons. The molecule has 2 nitrogen and oxygen atoms in total. The Bertz CT molecular complexity index is 744. The zero-order chi connectivity index (χ0) is 17.2. The molecule has 2 aromatic rings. The van der Waals surface area contributed by atoms with E-state index in [-0.39, 0.29) is 5.41 Å². The molecule has 0 fully saturated rings. The normalized spacial score (nSPS) is 12.3. The summed E-state index contributed by atoms with van der Waals surface area (Å²) >= 11 is 0. The minimum Gasteiger partial charge on any atom is -0.478 e. The second-order valence-electron chi connectivity index (χ2n) is 7.03. The van der Waals surface area contributed by atoms with E-state index in [4.69, 9.17) is 0 Å². The molecule has 1 N–H and O–H groups in total. The largest absolute Gasteiger partial charge is 0.478 e. The molecule has 120 valence electrons. The summed E-state index contributed by atoms with van der Waals surface area (Å²) in [7, 11) is 0. The van der Waals surface area contributed by atoms with Gasteiger partial charge in [-0.15, -0.1) is 0 Å². The molecule has 0 unspecified atom stereocenters. The SMILES string of the molecule is Cc1ccc(/C(=C/c2ccc(C(C)(C)C)cc2)C(=O)O)cc1C. The predicted octanol–water partition coefficient (Wildman–Crippen LogP) is 5.23. The molecule has 2 rings (SSSR count). The molecule has 0 aromatic heterocycles. The van der Waals surface area contributed by atoms with Crippen molar-refractivity contribution >= 4 is 17.6 Å². The number of hydrogen-bond acceptors (Lipinski definition) is 1. The van der Waals surface area contributed by atoms with Crippen LogP contribution in [0.5, 0.6) is 0 Å². The fraction of sp³-hybridized carbons (Fsp3) is 0.286. The third-order valence-corrected chi connectivity index (χ3v) is 4.14. The summed E-state index contributed by atoms with van der Waals surface area (Å²) in [6.07, 6.45) is 1.74. The Hall–Kier alpha value is -2.35. The molecule has 0 amide bonds. The minimum atomic E-state index is -0.909. The lowest BCUT2D eigenvalue weighted by atomic mass is 9.86. The molecule has 2 aromatic carbocycles. The van der Waals surface area contributed by atoms with Gasteiger partial charge in [0.25, 0.3) is 0 Å². The molecule has 0 spiro atoms. The number of aliphatic carboxylic acids is 1. The molecule has 0 aliphatic carbocycles. The van der Waals surface area contributed by atoms with Crippen LogP contribution in [0.2, 0.25) is 0 Å². The lowest BCUT2D eigenvalue weighted by Gasteiger charge is -2.18. The van der Waals surface area contributed by atoms with Crippen molar-refractivity contribution in [3.63, 3.8) is 0 Å². The molecular weight excluding hydrogens is 284 g/mol. The average molecular weight is 308 g/mol. The topological polar surface area (TPSA) is 37.3 Å². The van der Waals surface area contributed by atoms with Gasteiger partial charge in [0.15, 0.2) is 0 Å². The standard InChI is InChI=1S/C21H24O2/c1-14-6-9-17(12-15(14)2)19(20(22)23)13-16-7-10-18(11-8-16)21(3,4)5/h6-13H,1-5H3,(H,22,23)/b19-13-. The molecule has 0 saturated heterocycles. The molecule has 0 saturated carbocycles. The maximum absolute atomic E-state index is 11.7. The zero-order valence-electron chi connectivity index (χ0n) is 14.5. The van der Waals surface area contributed by atoms with Gasteiger partial charge in [0.05, 0.1) is 5.57 Å². The zero-order valence-corrected chi connectivity index (χ0v) is 14.5. The van der Waals surface area contributed by atoms with Gasteiger partial charge in [0, 0.05) is 0 Å². The smallest absolute Gasteiger partial charge is 0.336 e. The average Bonchev–Trinajstić information content (AvgIpc) is 2.47. The molecule has 0 bridgehead atoms. The maximum Gasteiger partial charge on any atom is 0.336 e. The summed E-state index contributed by atoms with van der Waals surface area (Å²) in [6, 6.07) is 13.8. The van der Waals surface area contributed by atoms with Gasteiger partial charge in [0.1, 0.15) is 0 Å².